The molecule has 1 aliphatic heterocycles. The van der Waals surface area contributed by atoms with Crippen molar-refractivity contribution in [1.82, 2.24) is 4.90 Å². The van der Waals surface area contributed by atoms with Gasteiger partial charge in [-0.05, 0) is 32.1 Å². The van der Waals surface area contributed by atoms with Crippen molar-refractivity contribution in [3.05, 3.63) is 12.2 Å². The Morgan fingerprint density at radius 1 is 1.04 bits per heavy atom. The first-order valence-corrected chi connectivity index (χ1v) is 11.7. The van der Waals surface area contributed by atoms with Gasteiger partial charge in [-0.15, -0.1) is 0 Å². The van der Waals surface area contributed by atoms with Crippen molar-refractivity contribution in [3.8, 4) is 0 Å². The van der Waals surface area contributed by atoms with Crippen molar-refractivity contribution < 1.29 is 14.3 Å². The van der Waals surface area contributed by atoms with Crippen LogP contribution in [0.25, 0.3) is 0 Å². The lowest BCUT2D eigenvalue weighted by Crippen LogP contribution is -2.37. The number of hydrogen-bond acceptors (Lipinski definition) is 3. The second-order valence-corrected chi connectivity index (χ2v) is 8.59. The molecule has 1 unspecified atom stereocenters. The molecule has 0 N–H and O–H groups in total. The smallest absolute Gasteiger partial charge is 0.416 e. The summed E-state index contributed by atoms with van der Waals surface area (Å²) in [6.45, 7) is 3.00. The average molecular weight is 477 g/mol. The molecule has 0 bridgehead atoms. The van der Waals surface area contributed by atoms with Gasteiger partial charge in [-0.2, -0.15) is 0 Å². The van der Waals surface area contributed by atoms with Crippen LogP contribution in [0.4, 0.5) is 4.79 Å². The quantitative estimate of drug-likeness (QED) is 0.118. The Bertz CT molecular complexity index is 425. The van der Waals surface area contributed by atoms with Gasteiger partial charge in [0.25, 0.3) is 0 Å². The van der Waals surface area contributed by atoms with Crippen molar-refractivity contribution in [2.75, 3.05) is 13.2 Å². The molecule has 0 aromatic heterocycles. The maximum atomic E-state index is 12.1. The zero-order chi connectivity index (χ0) is 19.0. The average Bonchev–Trinajstić information content (AvgIpc) is 3.07. The lowest BCUT2D eigenvalue weighted by molar-refractivity contribution is -0.126. The van der Waals surface area contributed by atoms with E-state index in [1.54, 1.807) is 0 Å². The molecule has 0 radical (unpaired) electrons. The summed E-state index contributed by atoms with van der Waals surface area (Å²) in [6, 6.07) is 0. The highest BCUT2D eigenvalue weighted by Crippen LogP contribution is 2.18. The standard InChI is InChI=1S/C21H36INO3/c1-2-3-4-5-6-7-8-9-10-11-12-13-14-15-16-19(22)20(24)23-17-18-26-21(23)25/h9-10,19H,2-8,11-18H2,1H3. The van der Waals surface area contributed by atoms with E-state index in [4.69, 9.17) is 4.74 Å². The number of ether oxygens (including phenoxy) is 1. The molecule has 0 spiro atoms. The van der Waals surface area contributed by atoms with E-state index in [0.717, 1.165) is 19.3 Å². The predicted octanol–water partition coefficient (Wildman–Crippen LogP) is 6.42. The molecule has 4 nitrogen and oxygen atoms in total. The summed E-state index contributed by atoms with van der Waals surface area (Å²) in [5, 5.41) is 0. The van der Waals surface area contributed by atoms with E-state index in [0.29, 0.717) is 13.2 Å². The van der Waals surface area contributed by atoms with Crippen LogP contribution in [0.3, 0.4) is 0 Å². The van der Waals surface area contributed by atoms with Crippen molar-refractivity contribution in [2.45, 2.75) is 94.3 Å². The number of carbonyl (C=O) groups excluding carboxylic acids is 2. The number of carbonyl (C=O) groups is 2. The topological polar surface area (TPSA) is 46.6 Å². The van der Waals surface area contributed by atoms with Crippen molar-refractivity contribution >= 4 is 34.6 Å². The van der Waals surface area contributed by atoms with E-state index in [1.807, 2.05) is 0 Å². The van der Waals surface area contributed by atoms with Crippen molar-refractivity contribution in [2.24, 2.45) is 0 Å². The highest BCUT2D eigenvalue weighted by atomic mass is 127. The van der Waals surface area contributed by atoms with E-state index in [-0.39, 0.29) is 9.83 Å². The first kappa shape index (κ1) is 23.4. The van der Waals surface area contributed by atoms with Gasteiger partial charge < -0.3 is 4.74 Å². The Balaban J connectivity index is 1.90. The summed E-state index contributed by atoms with van der Waals surface area (Å²) >= 11 is 2.15. The molecule has 0 aromatic carbocycles. The summed E-state index contributed by atoms with van der Waals surface area (Å²) in [7, 11) is 0. The molecule has 1 aliphatic rings. The fourth-order valence-corrected chi connectivity index (χ4v) is 3.88. The fourth-order valence-electron chi connectivity index (χ4n) is 3.10. The van der Waals surface area contributed by atoms with Crippen LogP contribution >= 0.6 is 22.6 Å². The third kappa shape index (κ3) is 10.5. The van der Waals surface area contributed by atoms with Crippen LogP contribution in [0.15, 0.2) is 12.2 Å². The number of imide groups is 1. The molecule has 1 saturated heterocycles. The van der Waals surface area contributed by atoms with Crippen LogP contribution in [0, 0.1) is 0 Å². The normalized spacial score (nSPS) is 15.6. The number of amides is 2. The predicted molar refractivity (Wildman–Crippen MR) is 116 cm³/mol. The zero-order valence-electron chi connectivity index (χ0n) is 16.4. The Labute approximate surface area is 173 Å². The van der Waals surface area contributed by atoms with E-state index < -0.39 is 6.09 Å². The molecular formula is C21H36INO3. The number of halogens is 1. The van der Waals surface area contributed by atoms with Gasteiger partial charge in [-0.3, -0.25) is 4.79 Å². The fraction of sp³-hybridized carbons (Fsp3) is 0.810. The molecular weight excluding hydrogens is 441 g/mol. The molecule has 1 atom stereocenters. The van der Waals surface area contributed by atoms with Gasteiger partial charge in [0.05, 0.1) is 10.5 Å². The molecule has 5 heteroatoms. The summed E-state index contributed by atoms with van der Waals surface area (Å²) in [5.74, 6) is -0.0919. The number of unbranched alkanes of at least 4 members (excludes halogenated alkanes) is 10. The molecule has 0 aromatic rings. The molecule has 1 fully saturated rings. The highest BCUT2D eigenvalue weighted by Gasteiger charge is 2.31. The molecule has 150 valence electrons. The third-order valence-corrected chi connectivity index (χ3v) is 5.92. The van der Waals surface area contributed by atoms with Crippen LogP contribution in [0.2, 0.25) is 0 Å². The Morgan fingerprint density at radius 2 is 1.62 bits per heavy atom. The Hall–Kier alpha value is -0.590. The SMILES string of the molecule is CCCCCCCCC=CCCCCCCC(I)C(=O)N1CCOC1=O. The highest BCUT2D eigenvalue weighted by molar-refractivity contribution is 14.1. The molecule has 0 aliphatic carbocycles. The van der Waals surface area contributed by atoms with Crippen LogP contribution in [-0.4, -0.2) is 34.0 Å². The molecule has 0 saturated carbocycles. The van der Waals surface area contributed by atoms with Crippen LogP contribution < -0.4 is 0 Å². The number of alkyl halides is 1. The van der Waals surface area contributed by atoms with Gasteiger partial charge >= 0.3 is 6.09 Å². The summed E-state index contributed by atoms with van der Waals surface area (Å²) in [6.07, 6.45) is 20.3. The molecule has 1 rings (SSSR count). The summed E-state index contributed by atoms with van der Waals surface area (Å²) < 4.78 is 4.70. The summed E-state index contributed by atoms with van der Waals surface area (Å²) in [4.78, 5) is 24.8. The van der Waals surface area contributed by atoms with E-state index in [1.165, 1.54) is 69.1 Å². The first-order valence-electron chi connectivity index (χ1n) is 10.4. The number of rotatable bonds is 15. The van der Waals surface area contributed by atoms with E-state index in [9.17, 15) is 9.59 Å². The van der Waals surface area contributed by atoms with Gasteiger partial charge in [0, 0.05) is 0 Å². The third-order valence-electron chi connectivity index (χ3n) is 4.76. The minimum absolute atomic E-state index is 0.0919. The van der Waals surface area contributed by atoms with E-state index >= 15 is 0 Å². The number of allylic oxidation sites excluding steroid dienone is 2. The number of nitrogens with zero attached hydrogens (tertiary/aromatic N) is 1. The number of cyclic esters (lactones) is 1. The largest absolute Gasteiger partial charge is 0.447 e. The van der Waals surface area contributed by atoms with Gasteiger partial charge in [0.2, 0.25) is 5.91 Å². The second-order valence-electron chi connectivity index (χ2n) is 7.09. The molecule has 1 heterocycles. The van der Waals surface area contributed by atoms with Crippen LogP contribution in [-0.2, 0) is 9.53 Å². The van der Waals surface area contributed by atoms with E-state index in [2.05, 4.69) is 41.7 Å². The lowest BCUT2D eigenvalue weighted by Gasteiger charge is -2.15. The number of hydrogen-bond donors (Lipinski definition) is 0. The first-order chi connectivity index (χ1) is 12.7. The maximum absolute atomic E-state index is 12.1. The summed E-state index contributed by atoms with van der Waals surface area (Å²) in [5.41, 5.74) is 0. The van der Waals surface area contributed by atoms with Crippen molar-refractivity contribution in [1.29, 1.82) is 0 Å². The van der Waals surface area contributed by atoms with Gasteiger partial charge in [-0.25, -0.2) is 9.69 Å². The maximum Gasteiger partial charge on any atom is 0.416 e. The van der Waals surface area contributed by atoms with Crippen molar-refractivity contribution in [3.63, 3.8) is 0 Å². The molecule has 2 amide bonds. The monoisotopic (exact) mass is 477 g/mol. The lowest BCUT2D eigenvalue weighted by atomic mass is 10.1. The van der Waals surface area contributed by atoms with Gasteiger partial charge in [0.1, 0.15) is 6.61 Å². The minimum atomic E-state index is -0.482. The van der Waals surface area contributed by atoms with Gasteiger partial charge in [-0.1, -0.05) is 93.0 Å². The van der Waals surface area contributed by atoms with Crippen LogP contribution in [0.1, 0.15) is 90.4 Å². The zero-order valence-corrected chi connectivity index (χ0v) is 18.5. The van der Waals surface area contributed by atoms with Gasteiger partial charge in [0.15, 0.2) is 0 Å². The Kier molecular flexibility index (Phi) is 13.9. The minimum Gasteiger partial charge on any atom is -0.447 e. The molecule has 26 heavy (non-hydrogen) atoms. The van der Waals surface area contributed by atoms with Crippen LogP contribution in [0.5, 0.6) is 0 Å². The second kappa shape index (κ2) is 15.5. The Morgan fingerprint density at radius 3 is 2.19 bits per heavy atom.